The first-order valence-electron chi connectivity index (χ1n) is 4.06. The molecule has 1 aromatic rings. The standard InChI is InChI=1S/C7H9NO2S/c1-5(10)2-7-8-3-6(4-9)11-7/h3,9H,2,4H2,1H3/i4D2. The molecular formula is C7H9NO2S. The average molecular weight is 173 g/mol. The SMILES string of the molecule is [2H]C([2H])(O)c1cnc(CC(C)=O)s1. The van der Waals surface area contributed by atoms with Crippen LogP contribution in [0.5, 0.6) is 0 Å². The Kier molecular flexibility index (Phi) is 1.91. The van der Waals surface area contributed by atoms with Gasteiger partial charge in [0.05, 0.1) is 20.6 Å². The van der Waals surface area contributed by atoms with E-state index in [0.717, 1.165) is 11.3 Å². The van der Waals surface area contributed by atoms with Gasteiger partial charge in [-0.15, -0.1) is 11.3 Å². The van der Waals surface area contributed by atoms with Gasteiger partial charge in [-0.25, -0.2) is 4.98 Å². The van der Waals surface area contributed by atoms with Crippen LogP contribution in [0, 0.1) is 0 Å². The van der Waals surface area contributed by atoms with Gasteiger partial charge in [-0.2, -0.15) is 0 Å². The first kappa shape index (κ1) is 5.85. The number of nitrogens with zero attached hydrogens (tertiary/aromatic N) is 1. The molecule has 0 aliphatic heterocycles. The van der Waals surface area contributed by atoms with Gasteiger partial charge in [-0.1, -0.05) is 0 Å². The molecule has 0 radical (unpaired) electrons. The van der Waals surface area contributed by atoms with E-state index in [4.69, 9.17) is 7.85 Å². The molecule has 0 spiro atoms. The Labute approximate surface area is 71.5 Å². The van der Waals surface area contributed by atoms with Gasteiger partial charge in [0.25, 0.3) is 0 Å². The third-order valence-corrected chi connectivity index (χ3v) is 1.97. The molecule has 0 atom stereocenters. The van der Waals surface area contributed by atoms with E-state index in [1.807, 2.05) is 0 Å². The summed E-state index contributed by atoms with van der Waals surface area (Å²) in [5.74, 6) is -0.0283. The van der Waals surface area contributed by atoms with E-state index in [-0.39, 0.29) is 17.1 Å². The highest BCUT2D eigenvalue weighted by Crippen LogP contribution is 2.12. The fraction of sp³-hybridized carbons (Fsp3) is 0.429. The normalized spacial score (nSPS) is 14.0. The molecule has 60 valence electrons. The molecule has 1 aromatic heterocycles. The van der Waals surface area contributed by atoms with Gasteiger partial charge >= 0.3 is 0 Å². The minimum atomic E-state index is -2.35. The molecule has 4 heteroatoms. The van der Waals surface area contributed by atoms with Crippen molar-refractivity contribution in [3.8, 4) is 0 Å². The summed E-state index contributed by atoms with van der Waals surface area (Å²) < 4.78 is 14.0. The molecule has 3 nitrogen and oxygen atoms in total. The van der Waals surface area contributed by atoms with Crippen LogP contribution in [0.4, 0.5) is 0 Å². The zero-order chi connectivity index (χ0) is 10.1. The molecule has 0 saturated carbocycles. The van der Waals surface area contributed by atoms with E-state index in [1.165, 1.54) is 13.1 Å². The highest BCUT2D eigenvalue weighted by molar-refractivity contribution is 7.11. The van der Waals surface area contributed by atoms with Crippen molar-refractivity contribution in [3.63, 3.8) is 0 Å². The maximum absolute atomic E-state index is 10.7. The predicted octanol–water partition coefficient (Wildman–Crippen LogP) is 0.767. The lowest BCUT2D eigenvalue weighted by Crippen LogP contribution is -1.94. The summed E-state index contributed by atoms with van der Waals surface area (Å²) >= 11 is 1.01. The summed E-state index contributed by atoms with van der Waals surface area (Å²) in [7, 11) is 0. The van der Waals surface area contributed by atoms with Gasteiger partial charge in [0.1, 0.15) is 10.8 Å². The summed E-state index contributed by atoms with van der Waals surface area (Å²) in [6.07, 6.45) is 1.45. The highest BCUT2D eigenvalue weighted by Gasteiger charge is 2.02. The quantitative estimate of drug-likeness (QED) is 0.734. The van der Waals surface area contributed by atoms with Crippen molar-refractivity contribution in [2.75, 3.05) is 0 Å². The fourth-order valence-corrected chi connectivity index (χ4v) is 1.44. The van der Waals surface area contributed by atoms with Gasteiger partial charge in [0.15, 0.2) is 0 Å². The first-order chi connectivity index (χ1) is 5.89. The van der Waals surface area contributed by atoms with Gasteiger partial charge < -0.3 is 5.11 Å². The minimum absolute atomic E-state index is 0.0283. The van der Waals surface area contributed by atoms with Crippen molar-refractivity contribution in [1.29, 1.82) is 0 Å². The molecule has 0 aliphatic rings. The van der Waals surface area contributed by atoms with Crippen molar-refractivity contribution >= 4 is 17.1 Å². The number of Topliss-reactive ketones (excluding diaryl/α,β-unsaturated/α-hetero) is 1. The Hall–Kier alpha value is -0.740. The minimum Gasteiger partial charge on any atom is -0.391 e. The van der Waals surface area contributed by atoms with Crippen LogP contribution in [0.3, 0.4) is 0 Å². The Morgan fingerprint density at radius 1 is 2.00 bits per heavy atom. The number of rotatable bonds is 3. The van der Waals surface area contributed by atoms with Crippen molar-refractivity contribution in [2.24, 2.45) is 0 Å². The first-order valence-corrected chi connectivity index (χ1v) is 3.88. The molecule has 1 N–H and O–H groups in total. The molecule has 0 unspecified atom stereocenters. The Morgan fingerprint density at radius 3 is 3.18 bits per heavy atom. The zero-order valence-corrected chi connectivity index (χ0v) is 6.81. The lowest BCUT2D eigenvalue weighted by atomic mass is 10.3. The average Bonchev–Trinajstić information content (AvgIpc) is 2.32. The summed E-state index contributed by atoms with van der Waals surface area (Å²) in [4.78, 5) is 14.6. The fourth-order valence-electron chi connectivity index (χ4n) is 0.657. The predicted molar refractivity (Wildman–Crippen MR) is 42.4 cm³/mol. The van der Waals surface area contributed by atoms with Gasteiger partial charge in [-0.3, -0.25) is 4.79 Å². The van der Waals surface area contributed by atoms with E-state index in [0.29, 0.717) is 5.01 Å². The van der Waals surface area contributed by atoms with Crippen LogP contribution < -0.4 is 0 Å². The van der Waals surface area contributed by atoms with E-state index >= 15 is 0 Å². The number of hydrogen-bond acceptors (Lipinski definition) is 4. The second kappa shape index (κ2) is 3.59. The maximum Gasteiger partial charge on any atom is 0.136 e. The maximum atomic E-state index is 10.7. The summed E-state index contributed by atoms with van der Waals surface area (Å²) in [6.45, 7) is -0.915. The third kappa shape index (κ3) is 2.40. The number of carbonyl (C=O) groups is 1. The number of thiazole rings is 1. The van der Waals surface area contributed by atoms with E-state index < -0.39 is 6.56 Å². The molecule has 1 rings (SSSR count). The number of aromatic nitrogens is 1. The van der Waals surface area contributed by atoms with Crippen LogP contribution in [0.1, 0.15) is 19.6 Å². The second-order valence-corrected chi connectivity index (χ2v) is 3.22. The van der Waals surface area contributed by atoms with E-state index in [9.17, 15) is 4.79 Å². The molecule has 0 saturated heterocycles. The van der Waals surface area contributed by atoms with Crippen LogP contribution in [0.2, 0.25) is 0 Å². The number of ketones is 1. The molecule has 0 bridgehead atoms. The molecule has 1 heterocycles. The van der Waals surface area contributed by atoms with Gasteiger partial charge in [0, 0.05) is 6.20 Å². The molecule has 0 aliphatic carbocycles. The number of aliphatic hydroxyl groups is 1. The smallest absolute Gasteiger partial charge is 0.136 e. The van der Waals surface area contributed by atoms with Crippen molar-refractivity contribution < 1.29 is 12.6 Å². The largest absolute Gasteiger partial charge is 0.391 e. The Bertz CT molecular complexity index is 319. The number of hydrogen-bond donors (Lipinski definition) is 1. The lowest BCUT2D eigenvalue weighted by Gasteiger charge is -1.86. The monoisotopic (exact) mass is 173 g/mol. The lowest BCUT2D eigenvalue weighted by molar-refractivity contribution is -0.116. The van der Waals surface area contributed by atoms with Crippen molar-refractivity contribution in [2.45, 2.75) is 19.9 Å². The second-order valence-electron chi connectivity index (χ2n) is 2.11. The van der Waals surface area contributed by atoms with Crippen LogP contribution in [0.15, 0.2) is 6.20 Å². The molecular weight excluding hydrogens is 162 g/mol. The molecule has 0 aromatic carbocycles. The zero-order valence-electron chi connectivity index (χ0n) is 8.00. The van der Waals surface area contributed by atoms with E-state index in [1.54, 1.807) is 0 Å². The summed E-state index contributed by atoms with van der Waals surface area (Å²) in [5.41, 5.74) is 0. The van der Waals surface area contributed by atoms with Crippen LogP contribution in [-0.2, 0) is 17.8 Å². The third-order valence-electron chi connectivity index (χ3n) is 1.06. The van der Waals surface area contributed by atoms with Crippen LogP contribution in [0.25, 0.3) is 0 Å². The number of carbonyl (C=O) groups excluding carboxylic acids is 1. The molecule has 0 fully saturated rings. The topological polar surface area (TPSA) is 50.2 Å². The van der Waals surface area contributed by atoms with Crippen LogP contribution in [-0.4, -0.2) is 15.9 Å². The van der Waals surface area contributed by atoms with Gasteiger partial charge in [-0.05, 0) is 6.92 Å². The molecule has 11 heavy (non-hydrogen) atoms. The Morgan fingerprint density at radius 2 is 2.73 bits per heavy atom. The highest BCUT2D eigenvalue weighted by atomic mass is 32.1. The Balaban J connectivity index is 2.81. The van der Waals surface area contributed by atoms with Crippen molar-refractivity contribution in [3.05, 3.63) is 16.1 Å². The van der Waals surface area contributed by atoms with E-state index in [2.05, 4.69) is 4.98 Å². The van der Waals surface area contributed by atoms with Gasteiger partial charge in [0.2, 0.25) is 0 Å². The molecule has 0 amide bonds. The van der Waals surface area contributed by atoms with Crippen molar-refractivity contribution in [1.82, 2.24) is 4.98 Å². The van der Waals surface area contributed by atoms with Crippen LogP contribution >= 0.6 is 11.3 Å². The summed E-state index contributed by atoms with van der Waals surface area (Å²) in [5, 5.41) is 9.48. The summed E-state index contributed by atoms with van der Waals surface area (Å²) in [6, 6.07) is 0.